The van der Waals surface area contributed by atoms with Crippen molar-refractivity contribution in [3.63, 3.8) is 0 Å². The SMILES string of the molecule is COC(C)C(=O)Nc1c(N)cc(C)cc1Br. The topological polar surface area (TPSA) is 64.3 Å². The van der Waals surface area contributed by atoms with E-state index < -0.39 is 6.10 Å². The average molecular weight is 287 g/mol. The second-order valence-electron chi connectivity index (χ2n) is 3.58. The van der Waals surface area contributed by atoms with E-state index in [-0.39, 0.29) is 5.91 Å². The second-order valence-corrected chi connectivity index (χ2v) is 4.43. The Morgan fingerprint density at radius 1 is 1.56 bits per heavy atom. The molecule has 0 bridgehead atoms. The van der Waals surface area contributed by atoms with Crippen molar-refractivity contribution in [3.05, 3.63) is 22.2 Å². The molecule has 4 nitrogen and oxygen atoms in total. The summed E-state index contributed by atoms with van der Waals surface area (Å²) >= 11 is 3.36. The molecule has 0 heterocycles. The van der Waals surface area contributed by atoms with Crippen molar-refractivity contribution in [1.82, 2.24) is 0 Å². The number of nitrogens with two attached hydrogens (primary N) is 1. The summed E-state index contributed by atoms with van der Waals surface area (Å²) in [6.07, 6.45) is -0.507. The summed E-state index contributed by atoms with van der Waals surface area (Å²) in [6.45, 7) is 3.61. The van der Waals surface area contributed by atoms with Crippen molar-refractivity contribution < 1.29 is 9.53 Å². The number of carbonyl (C=O) groups excluding carboxylic acids is 1. The van der Waals surface area contributed by atoms with Crippen LogP contribution in [0.1, 0.15) is 12.5 Å². The molecule has 0 aliphatic carbocycles. The molecule has 0 saturated carbocycles. The van der Waals surface area contributed by atoms with Crippen LogP contribution in [0, 0.1) is 6.92 Å². The second kappa shape index (κ2) is 5.32. The largest absolute Gasteiger partial charge is 0.397 e. The molecule has 0 aliphatic heterocycles. The number of rotatable bonds is 3. The van der Waals surface area contributed by atoms with Crippen molar-refractivity contribution in [3.8, 4) is 0 Å². The summed E-state index contributed by atoms with van der Waals surface area (Å²) in [5.74, 6) is -0.223. The predicted octanol–water partition coefficient (Wildman–Crippen LogP) is 2.31. The summed E-state index contributed by atoms with van der Waals surface area (Å²) in [7, 11) is 1.48. The number of hydrogen-bond acceptors (Lipinski definition) is 3. The molecule has 0 spiro atoms. The van der Waals surface area contributed by atoms with Crippen LogP contribution in [-0.2, 0) is 9.53 Å². The molecule has 16 heavy (non-hydrogen) atoms. The Morgan fingerprint density at radius 2 is 2.19 bits per heavy atom. The third kappa shape index (κ3) is 2.96. The lowest BCUT2D eigenvalue weighted by atomic mass is 10.2. The van der Waals surface area contributed by atoms with Gasteiger partial charge in [0.25, 0.3) is 5.91 Å². The number of methoxy groups -OCH3 is 1. The number of anilines is 2. The van der Waals surface area contributed by atoms with Gasteiger partial charge in [-0.15, -0.1) is 0 Å². The van der Waals surface area contributed by atoms with Crippen LogP contribution in [0.25, 0.3) is 0 Å². The first kappa shape index (κ1) is 13.0. The minimum Gasteiger partial charge on any atom is -0.397 e. The highest BCUT2D eigenvalue weighted by Gasteiger charge is 2.15. The summed E-state index contributed by atoms with van der Waals surface area (Å²) in [4.78, 5) is 11.6. The maximum atomic E-state index is 11.6. The molecular formula is C11H15BrN2O2. The average Bonchev–Trinajstić information content (AvgIpc) is 2.21. The maximum Gasteiger partial charge on any atom is 0.253 e. The lowest BCUT2D eigenvalue weighted by Gasteiger charge is -2.14. The van der Waals surface area contributed by atoms with E-state index in [0.29, 0.717) is 11.4 Å². The molecule has 1 rings (SSSR count). The minimum atomic E-state index is -0.507. The number of carbonyl (C=O) groups is 1. The Bertz CT molecular complexity index is 384. The molecule has 0 aliphatic rings. The van der Waals surface area contributed by atoms with Crippen LogP contribution in [0.2, 0.25) is 0 Å². The van der Waals surface area contributed by atoms with Crippen LogP contribution in [-0.4, -0.2) is 19.1 Å². The van der Waals surface area contributed by atoms with E-state index in [0.717, 1.165) is 10.0 Å². The molecule has 3 N–H and O–H groups in total. The smallest absolute Gasteiger partial charge is 0.253 e. The number of ether oxygens (including phenoxy) is 1. The van der Waals surface area contributed by atoms with Gasteiger partial charge in [0.15, 0.2) is 0 Å². The van der Waals surface area contributed by atoms with E-state index in [1.54, 1.807) is 13.0 Å². The standard InChI is InChI=1S/C11H15BrN2O2/c1-6-4-8(12)10(9(13)5-6)14-11(15)7(2)16-3/h4-5,7H,13H2,1-3H3,(H,14,15). The Hall–Kier alpha value is -1.07. The first-order valence-corrected chi connectivity index (χ1v) is 5.64. The monoisotopic (exact) mass is 286 g/mol. The molecular weight excluding hydrogens is 272 g/mol. The molecule has 5 heteroatoms. The van der Waals surface area contributed by atoms with Crippen LogP contribution in [0.4, 0.5) is 11.4 Å². The Kier molecular flexibility index (Phi) is 4.32. The highest BCUT2D eigenvalue weighted by Crippen LogP contribution is 2.30. The van der Waals surface area contributed by atoms with Crippen molar-refractivity contribution in [1.29, 1.82) is 0 Å². The van der Waals surface area contributed by atoms with Crippen LogP contribution >= 0.6 is 15.9 Å². The van der Waals surface area contributed by atoms with E-state index in [9.17, 15) is 4.79 Å². The lowest BCUT2D eigenvalue weighted by molar-refractivity contribution is -0.124. The molecule has 0 fully saturated rings. The highest BCUT2D eigenvalue weighted by molar-refractivity contribution is 9.10. The zero-order valence-corrected chi connectivity index (χ0v) is 11.1. The number of aryl methyl sites for hydroxylation is 1. The van der Waals surface area contributed by atoms with Crippen LogP contribution in [0.5, 0.6) is 0 Å². The summed E-state index contributed by atoms with van der Waals surface area (Å²) in [6, 6.07) is 3.70. The van der Waals surface area contributed by atoms with Crippen molar-refractivity contribution >= 4 is 33.2 Å². The quantitative estimate of drug-likeness (QED) is 0.838. The molecule has 0 aromatic heterocycles. The normalized spacial score (nSPS) is 12.2. The number of benzene rings is 1. The molecule has 1 aromatic carbocycles. The van der Waals surface area contributed by atoms with Gasteiger partial charge in [-0.1, -0.05) is 0 Å². The van der Waals surface area contributed by atoms with Gasteiger partial charge in [-0.25, -0.2) is 0 Å². The zero-order chi connectivity index (χ0) is 12.3. The van der Waals surface area contributed by atoms with Crippen LogP contribution < -0.4 is 11.1 Å². The molecule has 1 amide bonds. The first-order chi connectivity index (χ1) is 7.45. The third-order valence-corrected chi connectivity index (χ3v) is 2.86. The van der Waals surface area contributed by atoms with Crippen molar-refractivity contribution in [2.24, 2.45) is 0 Å². The predicted molar refractivity (Wildman–Crippen MR) is 68.4 cm³/mol. The van der Waals surface area contributed by atoms with Gasteiger partial charge in [-0.05, 0) is 47.5 Å². The van der Waals surface area contributed by atoms with E-state index in [1.807, 2.05) is 13.0 Å². The number of nitrogen functional groups attached to an aromatic ring is 1. The van der Waals surface area contributed by atoms with Gasteiger partial charge in [0, 0.05) is 11.6 Å². The van der Waals surface area contributed by atoms with Gasteiger partial charge in [0.05, 0.1) is 11.4 Å². The Balaban J connectivity index is 2.93. The number of nitrogens with one attached hydrogen (secondary N) is 1. The van der Waals surface area contributed by atoms with Gasteiger partial charge >= 0.3 is 0 Å². The van der Waals surface area contributed by atoms with Crippen LogP contribution in [0.3, 0.4) is 0 Å². The number of amides is 1. The highest BCUT2D eigenvalue weighted by atomic mass is 79.9. The Labute approximate surface area is 103 Å². The van der Waals surface area contributed by atoms with Crippen molar-refractivity contribution in [2.75, 3.05) is 18.2 Å². The summed E-state index contributed by atoms with van der Waals surface area (Å²) < 4.78 is 5.68. The van der Waals surface area contributed by atoms with E-state index >= 15 is 0 Å². The molecule has 1 atom stereocenters. The summed E-state index contributed by atoms with van der Waals surface area (Å²) in [5, 5.41) is 2.72. The van der Waals surface area contributed by atoms with Gasteiger partial charge in [0.1, 0.15) is 6.10 Å². The Morgan fingerprint density at radius 3 is 2.69 bits per heavy atom. The molecule has 1 unspecified atom stereocenters. The maximum absolute atomic E-state index is 11.6. The van der Waals surface area contributed by atoms with Gasteiger partial charge in [0.2, 0.25) is 0 Å². The minimum absolute atomic E-state index is 0.223. The molecule has 1 aromatic rings. The number of hydrogen-bond donors (Lipinski definition) is 2. The summed E-state index contributed by atoms with van der Waals surface area (Å²) in [5.41, 5.74) is 7.97. The van der Waals surface area contributed by atoms with Crippen molar-refractivity contribution in [2.45, 2.75) is 20.0 Å². The molecule has 0 saturated heterocycles. The van der Waals surface area contributed by atoms with Crippen LogP contribution in [0.15, 0.2) is 16.6 Å². The number of halogens is 1. The fourth-order valence-corrected chi connectivity index (χ4v) is 1.92. The zero-order valence-electron chi connectivity index (χ0n) is 9.50. The van der Waals surface area contributed by atoms with E-state index in [2.05, 4.69) is 21.2 Å². The van der Waals surface area contributed by atoms with Gasteiger partial charge in [-0.2, -0.15) is 0 Å². The molecule has 88 valence electrons. The lowest BCUT2D eigenvalue weighted by Crippen LogP contribution is -2.27. The van der Waals surface area contributed by atoms with Gasteiger partial charge in [-0.3, -0.25) is 4.79 Å². The third-order valence-electron chi connectivity index (χ3n) is 2.24. The first-order valence-electron chi connectivity index (χ1n) is 4.85. The van der Waals surface area contributed by atoms with E-state index in [4.69, 9.17) is 10.5 Å². The fourth-order valence-electron chi connectivity index (χ4n) is 1.23. The molecule has 0 radical (unpaired) electrons. The van der Waals surface area contributed by atoms with E-state index in [1.165, 1.54) is 7.11 Å². The van der Waals surface area contributed by atoms with Gasteiger partial charge < -0.3 is 15.8 Å². The fraction of sp³-hybridized carbons (Fsp3) is 0.364.